The quantitative estimate of drug-likeness (QED) is 0.410. The summed E-state index contributed by atoms with van der Waals surface area (Å²) >= 11 is 0. The molecular formula is C32H42O4. The van der Waals surface area contributed by atoms with Crippen LogP contribution >= 0.6 is 0 Å². The van der Waals surface area contributed by atoms with Gasteiger partial charge in [0.1, 0.15) is 11.2 Å². The van der Waals surface area contributed by atoms with Gasteiger partial charge in [0, 0.05) is 0 Å². The van der Waals surface area contributed by atoms with Crippen molar-refractivity contribution in [3.8, 4) is 0 Å². The van der Waals surface area contributed by atoms with Crippen LogP contribution in [0.5, 0.6) is 0 Å². The van der Waals surface area contributed by atoms with E-state index in [1.165, 1.54) is 38.5 Å². The highest BCUT2D eigenvalue weighted by Crippen LogP contribution is 2.68. The molecule has 0 N–H and O–H groups in total. The molecule has 4 heteroatoms. The third kappa shape index (κ3) is 3.68. The Morgan fingerprint density at radius 2 is 0.972 bits per heavy atom. The summed E-state index contributed by atoms with van der Waals surface area (Å²) in [4.78, 5) is 26.9. The lowest BCUT2D eigenvalue weighted by Gasteiger charge is -2.64. The average molecular weight is 491 g/mol. The van der Waals surface area contributed by atoms with Crippen molar-refractivity contribution in [1.29, 1.82) is 0 Å². The van der Waals surface area contributed by atoms with Gasteiger partial charge in [-0.2, -0.15) is 0 Å². The van der Waals surface area contributed by atoms with Crippen LogP contribution in [-0.2, 0) is 9.47 Å². The van der Waals surface area contributed by atoms with E-state index in [4.69, 9.17) is 9.47 Å². The van der Waals surface area contributed by atoms with Gasteiger partial charge in [0.2, 0.25) is 0 Å². The van der Waals surface area contributed by atoms with Crippen molar-refractivity contribution in [3.05, 3.63) is 35.4 Å². The molecule has 194 valence electrons. The van der Waals surface area contributed by atoms with Crippen molar-refractivity contribution >= 4 is 11.9 Å². The van der Waals surface area contributed by atoms with E-state index < -0.39 is 0 Å². The first-order chi connectivity index (χ1) is 16.8. The van der Waals surface area contributed by atoms with Gasteiger partial charge in [0.15, 0.2) is 0 Å². The van der Waals surface area contributed by atoms with Crippen LogP contribution in [0.15, 0.2) is 24.3 Å². The number of rotatable bonds is 4. The molecule has 8 fully saturated rings. The number of hydrogen-bond acceptors (Lipinski definition) is 4. The van der Waals surface area contributed by atoms with E-state index in [-0.39, 0.29) is 44.8 Å². The van der Waals surface area contributed by atoms with E-state index in [0.29, 0.717) is 23.0 Å². The molecule has 0 heterocycles. The van der Waals surface area contributed by atoms with E-state index in [1.807, 2.05) is 0 Å². The second-order valence-electron chi connectivity index (χ2n) is 16.0. The van der Waals surface area contributed by atoms with Crippen LogP contribution in [0.25, 0.3) is 0 Å². The van der Waals surface area contributed by atoms with Crippen LogP contribution in [0.2, 0.25) is 0 Å². The highest BCUT2D eigenvalue weighted by atomic mass is 16.6. The third-order valence-electron chi connectivity index (χ3n) is 11.1. The van der Waals surface area contributed by atoms with Crippen molar-refractivity contribution in [2.75, 3.05) is 0 Å². The van der Waals surface area contributed by atoms with Crippen LogP contribution < -0.4 is 0 Å². The zero-order valence-corrected chi connectivity index (χ0v) is 22.6. The first-order valence-electron chi connectivity index (χ1n) is 14.4. The van der Waals surface area contributed by atoms with Crippen molar-refractivity contribution < 1.29 is 19.1 Å². The second kappa shape index (κ2) is 6.97. The summed E-state index contributed by atoms with van der Waals surface area (Å²) in [5.74, 6) is 0.756. The SMILES string of the molecule is CC12CC3CC(C)(C1)CC(OC(=O)c1cccc(C(=O)OC45CC6CC(C)(CC(C)(C6)C4)C5)c1)(C3)C2. The van der Waals surface area contributed by atoms with Gasteiger partial charge in [0.25, 0.3) is 0 Å². The molecule has 0 spiro atoms. The summed E-state index contributed by atoms with van der Waals surface area (Å²) in [5.41, 5.74) is 1.38. The normalized spacial score (nSPS) is 49.8. The summed E-state index contributed by atoms with van der Waals surface area (Å²) in [6.07, 6.45) is 13.4. The largest absolute Gasteiger partial charge is 0.455 e. The molecular weight excluding hydrogens is 448 g/mol. The van der Waals surface area contributed by atoms with Gasteiger partial charge in [-0.1, -0.05) is 33.8 Å². The van der Waals surface area contributed by atoms with E-state index in [1.54, 1.807) is 24.3 Å². The number of ether oxygens (including phenoxy) is 2. The Balaban J connectivity index is 1.09. The molecule has 4 atom stereocenters. The first kappa shape index (κ1) is 23.3. The molecule has 0 saturated heterocycles. The lowest BCUT2D eigenvalue weighted by molar-refractivity contribution is -0.191. The zero-order valence-electron chi connectivity index (χ0n) is 22.6. The number of hydrogen-bond donors (Lipinski definition) is 0. The topological polar surface area (TPSA) is 52.6 Å². The van der Waals surface area contributed by atoms with Gasteiger partial charge in [-0.15, -0.1) is 0 Å². The van der Waals surface area contributed by atoms with Crippen molar-refractivity contribution in [2.45, 2.75) is 116 Å². The summed E-state index contributed by atoms with van der Waals surface area (Å²) < 4.78 is 12.7. The summed E-state index contributed by atoms with van der Waals surface area (Å²) in [6.45, 7) is 9.56. The van der Waals surface area contributed by atoms with E-state index in [2.05, 4.69) is 27.7 Å². The third-order valence-corrected chi connectivity index (χ3v) is 11.1. The Hall–Kier alpha value is -1.84. The molecule has 1 aromatic carbocycles. The minimum atomic E-state index is -0.347. The molecule has 0 amide bonds. The van der Waals surface area contributed by atoms with Gasteiger partial charge < -0.3 is 9.47 Å². The molecule has 1 aromatic rings. The van der Waals surface area contributed by atoms with Crippen LogP contribution in [0, 0.1) is 33.5 Å². The standard InChI is InChI=1S/C32H42O4/c1-27-9-21-10-28(2,15-27)18-31(13-21,17-27)35-25(33)23-6-5-7-24(8-23)26(34)36-32-14-22-11-29(3,19-32)16-30(4,12-22)20-32/h5-8,21-22H,9-20H2,1-4H3. The Bertz CT molecular complexity index is 1030. The predicted octanol–water partition coefficient (Wildman–Crippen LogP) is 7.50. The molecule has 8 aliphatic rings. The maximum Gasteiger partial charge on any atom is 0.338 e. The van der Waals surface area contributed by atoms with Crippen molar-refractivity contribution in [3.63, 3.8) is 0 Å². The van der Waals surface area contributed by atoms with Crippen LogP contribution in [0.1, 0.15) is 125 Å². The Morgan fingerprint density at radius 1 is 0.611 bits per heavy atom. The molecule has 4 unspecified atom stereocenters. The van der Waals surface area contributed by atoms with Crippen molar-refractivity contribution in [1.82, 2.24) is 0 Å². The molecule has 4 nitrogen and oxygen atoms in total. The number of carbonyl (C=O) groups is 2. The molecule has 8 bridgehead atoms. The molecule has 0 radical (unpaired) electrons. The van der Waals surface area contributed by atoms with Gasteiger partial charge in [-0.3, -0.25) is 0 Å². The molecule has 8 saturated carbocycles. The van der Waals surface area contributed by atoms with Crippen molar-refractivity contribution in [2.24, 2.45) is 33.5 Å². The van der Waals surface area contributed by atoms with Gasteiger partial charge >= 0.3 is 11.9 Å². The zero-order chi connectivity index (χ0) is 25.2. The molecule has 8 aliphatic carbocycles. The monoisotopic (exact) mass is 490 g/mol. The van der Waals surface area contributed by atoms with E-state index in [0.717, 1.165) is 38.5 Å². The fourth-order valence-corrected chi connectivity index (χ4v) is 12.2. The second-order valence-corrected chi connectivity index (χ2v) is 16.0. The summed E-state index contributed by atoms with van der Waals surface area (Å²) in [6, 6.07) is 7.09. The Kier molecular flexibility index (Phi) is 4.51. The highest BCUT2D eigenvalue weighted by molar-refractivity contribution is 5.95. The number of carbonyl (C=O) groups excluding carboxylic acids is 2. The van der Waals surface area contributed by atoms with Gasteiger partial charge in [-0.05, 0) is 129 Å². The molecule has 36 heavy (non-hydrogen) atoms. The average Bonchev–Trinajstić information content (AvgIpc) is 2.67. The number of esters is 2. The highest BCUT2D eigenvalue weighted by Gasteiger charge is 2.63. The minimum absolute atomic E-state index is 0.283. The van der Waals surface area contributed by atoms with E-state index in [9.17, 15) is 9.59 Å². The Labute approximate surface area is 215 Å². The van der Waals surface area contributed by atoms with Crippen LogP contribution in [0.4, 0.5) is 0 Å². The van der Waals surface area contributed by atoms with Gasteiger partial charge in [-0.25, -0.2) is 9.59 Å². The number of benzene rings is 1. The van der Waals surface area contributed by atoms with Crippen LogP contribution in [0.3, 0.4) is 0 Å². The smallest absolute Gasteiger partial charge is 0.338 e. The van der Waals surface area contributed by atoms with Gasteiger partial charge in [0.05, 0.1) is 11.1 Å². The fourth-order valence-electron chi connectivity index (χ4n) is 12.2. The molecule has 0 aliphatic heterocycles. The maximum atomic E-state index is 13.4. The summed E-state index contributed by atoms with van der Waals surface area (Å²) in [5, 5.41) is 0. The minimum Gasteiger partial charge on any atom is -0.455 e. The molecule has 9 rings (SSSR count). The Morgan fingerprint density at radius 3 is 1.31 bits per heavy atom. The lowest BCUT2D eigenvalue weighted by Crippen LogP contribution is -2.60. The fraction of sp³-hybridized carbons (Fsp3) is 0.750. The summed E-state index contributed by atoms with van der Waals surface area (Å²) in [7, 11) is 0. The maximum absolute atomic E-state index is 13.4. The first-order valence-corrected chi connectivity index (χ1v) is 14.4. The lowest BCUT2D eigenvalue weighted by atomic mass is 9.43. The van der Waals surface area contributed by atoms with E-state index >= 15 is 0 Å². The molecule has 0 aromatic heterocycles. The van der Waals surface area contributed by atoms with Crippen LogP contribution in [-0.4, -0.2) is 23.1 Å². The predicted molar refractivity (Wildman–Crippen MR) is 138 cm³/mol.